The Kier molecular flexibility index (Phi) is 4.25. The van der Waals surface area contributed by atoms with Gasteiger partial charge in [0.2, 0.25) is 0 Å². The molecule has 0 aromatic rings. The maximum absolute atomic E-state index is 10.4. The molecule has 0 saturated carbocycles. The van der Waals surface area contributed by atoms with Gasteiger partial charge >= 0.3 is 0 Å². The highest BCUT2D eigenvalue weighted by Crippen LogP contribution is 2.38. The Morgan fingerprint density at radius 2 is 1.94 bits per heavy atom. The van der Waals surface area contributed by atoms with E-state index in [1.54, 1.807) is 0 Å². The van der Waals surface area contributed by atoms with E-state index in [0.717, 1.165) is 19.3 Å². The number of hydrogen-bond acceptors (Lipinski definition) is 3. The van der Waals surface area contributed by atoms with Gasteiger partial charge in [-0.15, -0.1) is 0 Å². The van der Waals surface area contributed by atoms with Crippen molar-refractivity contribution in [2.24, 2.45) is 11.8 Å². The van der Waals surface area contributed by atoms with Gasteiger partial charge in [-0.2, -0.15) is 0 Å². The molecule has 2 unspecified atom stereocenters. The molecule has 3 heteroatoms. The minimum Gasteiger partial charge on any atom is -0.389 e. The Bertz CT molecular complexity index is 359. The van der Waals surface area contributed by atoms with E-state index < -0.39 is 12.4 Å². The molecule has 1 aliphatic heterocycles. The maximum Gasteiger partial charge on any atom is 0.157 e. The number of hydrogen-bond donors (Lipinski definition) is 2. The molecule has 102 valence electrons. The summed E-state index contributed by atoms with van der Waals surface area (Å²) in [6.45, 7) is 6.11. The van der Waals surface area contributed by atoms with Crippen molar-refractivity contribution in [1.29, 1.82) is 0 Å². The fourth-order valence-corrected chi connectivity index (χ4v) is 3.07. The third-order valence-corrected chi connectivity index (χ3v) is 4.20. The molecule has 5 atom stereocenters. The summed E-state index contributed by atoms with van der Waals surface area (Å²) in [4.78, 5) is 0. The van der Waals surface area contributed by atoms with Crippen LogP contribution in [0.15, 0.2) is 23.3 Å². The lowest BCUT2D eigenvalue weighted by Gasteiger charge is -2.25. The van der Waals surface area contributed by atoms with Crippen molar-refractivity contribution in [3.8, 4) is 0 Å². The van der Waals surface area contributed by atoms with Crippen LogP contribution in [0.1, 0.15) is 40.0 Å². The number of aliphatic hydroxyl groups excluding tert-OH is 2. The molecule has 0 aromatic heterocycles. The molecule has 0 radical (unpaired) electrons. The zero-order valence-corrected chi connectivity index (χ0v) is 11.5. The van der Waals surface area contributed by atoms with Gasteiger partial charge in [0.15, 0.2) is 6.29 Å². The topological polar surface area (TPSA) is 49.7 Å². The molecule has 2 aliphatic rings. The van der Waals surface area contributed by atoms with Gasteiger partial charge in [0.25, 0.3) is 0 Å². The third-order valence-electron chi connectivity index (χ3n) is 4.20. The zero-order chi connectivity index (χ0) is 13.3. The number of allylic oxidation sites excluding steroid dienone is 2. The highest BCUT2D eigenvalue weighted by Gasteiger charge is 2.44. The lowest BCUT2D eigenvalue weighted by Crippen LogP contribution is -2.31. The molecule has 1 aliphatic carbocycles. The van der Waals surface area contributed by atoms with Crippen LogP contribution in [0.5, 0.6) is 0 Å². The van der Waals surface area contributed by atoms with Gasteiger partial charge in [-0.05, 0) is 33.1 Å². The van der Waals surface area contributed by atoms with Crippen molar-refractivity contribution in [2.75, 3.05) is 0 Å². The number of aliphatic hydroxyl groups is 2. The van der Waals surface area contributed by atoms with E-state index in [2.05, 4.69) is 19.9 Å². The van der Waals surface area contributed by atoms with E-state index in [-0.39, 0.29) is 17.9 Å². The summed E-state index contributed by atoms with van der Waals surface area (Å²) in [5.41, 5.74) is 2.49. The first-order valence-corrected chi connectivity index (χ1v) is 6.83. The van der Waals surface area contributed by atoms with Gasteiger partial charge in [0.1, 0.15) is 0 Å². The molecular formula is C15H24O3. The van der Waals surface area contributed by atoms with E-state index in [1.165, 1.54) is 11.1 Å². The van der Waals surface area contributed by atoms with Gasteiger partial charge in [0, 0.05) is 11.8 Å². The Hall–Kier alpha value is -0.640. The SMILES string of the molecule is C/C1=C\[C@@H](O)C2C(C/C(C)=C/CC1)O[C@@H](O)[C@H]2C. The van der Waals surface area contributed by atoms with Gasteiger partial charge in [-0.25, -0.2) is 0 Å². The first kappa shape index (κ1) is 13.8. The Labute approximate surface area is 109 Å². The highest BCUT2D eigenvalue weighted by atomic mass is 16.6. The second kappa shape index (κ2) is 5.55. The highest BCUT2D eigenvalue weighted by molar-refractivity contribution is 5.12. The summed E-state index contributed by atoms with van der Waals surface area (Å²) in [7, 11) is 0. The molecular weight excluding hydrogens is 228 g/mol. The molecule has 2 rings (SSSR count). The average Bonchev–Trinajstić information content (AvgIpc) is 2.53. The molecule has 0 amide bonds. The van der Waals surface area contributed by atoms with Crippen molar-refractivity contribution >= 4 is 0 Å². The maximum atomic E-state index is 10.4. The summed E-state index contributed by atoms with van der Waals surface area (Å²) in [5.74, 6) is -0.0438. The molecule has 0 aromatic carbocycles. The van der Waals surface area contributed by atoms with Crippen LogP contribution in [0.25, 0.3) is 0 Å². The van der Waals surface area contributed by atoms with Crippen molar-refractivity contribution in [1.82, 2.24) is 0 Å². The van der Waals surface area contributed by atoms with Gasteiger partial charge in [-0.3, -0.25) is 0 Å². The van der Waals surface area contributed by atoms with E-state index in [9.17, 15) is 10.2 Å². The fourth-order valence-electron chi connectivity index (χ4n) is 3.07. The summed E-state index contributed by atoms with van der Waals surface area (Å²) in [5, 5.41) is 20.2. The van der Waals surface area contributed by atoms with Crippen molar-refractivity contribution in [3.63, 3.8) is 0 Å². The van der Waals surface area contributed by atoms with Crippen molar-refractivity contribution in [2.45, 2.75) is 58.5 Å². The molecule has 0 spiro atoms. The number of fused-ring (bicyclic) bond motifs is 1. The van der Waals surface area contributed by atoms with E-state index in [1.807, 2.05) is 13.0 Å². The fraction of sp³-hybridized carbons (Fsp3) is 0.733. The first-order chi connectivity index (χ1) is 8.49. The van der Waals surface area contributed by atoms with E-state index in [4.69, 9.17) is 4.74 Å². The smallest absolute Gasteiger partial charge is 0.157 e. The molecule has 1 saturated heterocycles. The first-order valence-electron chi connectivity index (χ1n) is 6.83. The standard InChI is InChI=1S/C15H24O3/c1-9-5-4-6-10(2)8-13-14(12(16)7-9)11(3)15(17)18-13/h6-7,11-17H,4-5,8H2,1-3H3/b9-7+,10-6+/t11-,12+,13?,14?,15+/m0/s1. The normalized spacial score (nSPS) is 47.7. The quantitative estimate of drug-likeness (QED) is 0.651. The van der Waals surface area contributed by atoms with Crippen molar-refractivity contribution < 1.29 is 14.9 Å². The lowest BCUT2D eigenvalue weighted by molar-refractivity contribution is -0.105. The van der Waals surface area contributed by atoms with Crippen LogP contribution < -0.4 is 0 Å². The van der Waals surface area contributed by atoms with Crippen LogP contribution in [0, 0.1) is 11.8 Å². The summed E-state index contributed by atoms with van der Waals surface area (Å²) < 4.78 is 5.61. The van der Waals surface area contributed by atoms with Gasteiger partial charge < -0.3 is 14.9 Å². The van der Waals surface area contributed by atoms with E-state index in [0.29, 0.717) is 0 Å². The van der Waals surface area contributed by atoms with Gasteiger partial charge in [0.05, 0.1) is 12.2 Å². The molecule has 3 nitrogen and oxygen atoms in total. The van der Waals surface area contributed by atoms with Crippen molar-refractivity contribution in [3.05, 3.63) is 23.3 Å². The minimum atomic E-state index is -0.753. The zero-order valence-electron chi connectivity index (χ0n) is 11.5. The molecule has 18 heavy (non-hydrogen) atoms. The minimum absolute atomic E-state index is 0.0172. The Morgan fingerprint density at radius 3 is 2.67 bits per heavy atom. The Morgan fingerprint density at radius 1 is 1.22 bits per heavy atom. The number of ether oxygens (including phenoxy) is 1. The average molecular weight is 252 g/mol. The molecule has 1 heterocycles. The van der Waals surface area contributed by atoms with Crippen LogP contribution in [-0.2, 0) is 4.74 Å². The third kappa shape index (κ3) is 2.85. The summed E-state index contributed by atoms with van der Waals surface area (Å²) in [6, 6.07) is 0. The second-order valence-electron chi connectivity index (χ2n) is 5.80. The second-order valence-corrected chi connectivity index (χ2v) is 5.80. The Balaban J connectivity index is 2.27. The monoisotopic (exact) mass is 252 g/mol. The van der Waals surface area contributed by atoms with Crippen LogP contribution in [0.2, 0.25) is 0 Å². The van der Waals surface area contributed by atoms with Crippen LogP contribution in [-0.4, -0.2) is 28.7 Å². The predicted octanol–water partition coefficient (Wildman–Crippen LogP) is 2.39. The van der Waals surface area contributed by atoms with Crippen LogP contribution in [0.4, 0.5) is 0 Å². The molecule has 1 fully saturated rings. The summed E-state index contributed by atoms with van der Waals surface area (Å²) in [6.07, 6.45) is 5.62. The lowest BCUT2D eigenvalue weighted by atomic mass is 9.82. The van der Waals surface area contributed by atoms with Gasteiger partial charge in [-0.1, -0.05) is 30.2 Å². The predicted molar refractivity (Wildman–Crippen MR) is 70.9 cm³/mol. The number of rotatable bonds is 0. The van der Waals surface area contributed by atoms with Crippen LogP contribution >= 0.6 is 0 Å². The van der Waals surface area contributed by atoms with Crippen LogP contribution in [0.3, 0.4) is 0 Å². The molecule has 2 N–H and O–H groups in total. The van der Waals surface area contributed by atoms with E-state index >= 15 is 0 Å². The summed E-state index contributed by atoms with van der Waals surface area (Å²) >= 11 is 0. The largest absolute Gasteiger partial charge is 0.389 e. The molecule has 0 bridgehead atoms.